The molecule has 0 saturated carbocycles. The fraction of sp³-hybridized carbons (Fsp3) is 0.636. The summed E-state index contributed by atoms with van der Waals surface area (Å²) in [4.78, 5) is 29.8. The summed E-state index contributed by atoms with van der Waals surface area (Å²) >= 11 is 0. The molecule has 1 unspecified atom stereocenters. The lowest BCUT2D eigenvalue weighted by molar-refractivity contribution is -0.128. The number of unbranched alkanes of at least 4 members (excludes halogenated alkanes) is 2. The second kappa shape index (κ2) is 11.8. The van der Waals surface area contributed by atoms with E-state index >= 15 is 0 Å². The molecule has 0 spiro atoms. The average molecular weight is 376 g/mol. The molecule has 0 bridgehead atoms. The summed E-state index contributed by atoms with van der Waals surface area (Å²) in [7, 11) is 2.17. The number of Topliss-reactive ketones (excluding diaryl/α,β-unsaturated/α-hetero) is 1. The van der Waals surface area contributed by atoms with Gasteiger partial charge >= 0.3 is 0 Å². The van der Waals surface area contributed by atoms with Crippen molar-refractivity contribution in [3.8, 4) is 0 Å². The molecule has 27 heavy (non-hydrogen) atoms. The summed E-state index contributed by atoms with van der Waals surface area (Å²) in [6.45, 7) is 17.1. The third-order valence-electron chi connectivity index (χ3n) is 5.20. The zero-order valence-electron chi connectivity index (χ0n) is 17.7. The fourth-order valence-corrected chi connectivity index (χ4v) is 3.41. The lowest BCUT2D eigenvalue weighted by Crippen LogP contribution is -2.51. The van der Waals surface area contributed by atoms with Gasteiger partial charge in [0.15, 0.2) is 5.78 Å². The summed E-state index contributed by atoms with van der Waals surface area (Å²) < 4.78 is 0. The Morgan fingerprint density at radius 1 is 1.19 bits per heavy atom. The number of nitrogens with zero attached hydrogens (tertiary/aromatic N) is 3. The molecular formula is C22H37N3O2. The zero-order chi connectivity index (χ0) is 20.4. The van der Waals surface area contributed by atoms with Crippen LogP contribution in [-0.2, 0) is 9.59 Å². The lowest BCUT2D eigenvalue weighted by Gasteiger charge is -2.42. The molecule has 1 amide bonds. The van der Waals surface area contributed by atoms with Crippen molar-refractivity contribution in [1.82, 2.24) is 14.7 Å². The van der Waals surface area contributed by atoms with Crippen molar-refractivity contribution < 1.29 is 9.59 Å². The van der Waals surface area contributed by atoms with Crippen LogP contribution in [0, 0.1) is 0 Å². The number of carbonyl (C=O) groups excluding carboxylic acids is 2. The minimum atomic E-state index is -0.127. The van der Waals surface area contributed by atoms with Crippen LogP contribution in [0.25, 0.3) is 0 Å². The van der Waals surface area contributed by atoms with Gasteiger partial charge in [-0.3, -0.25) is 9.59 Å². The van der Waals surface area contributed by atoms with Crippen molar-refractivity contribution in [2.75, 3.05) is 33.2 Å². The quantitative estimate of drug-likeness (QED) is 0.526. The third-order valence-corrected chi connectivity index (χ3v) is 5.20. The lowest BCUT2D eigenvalue weighted by atomic mass is 10.1. The Morgan fingerprint density at radius 2 is 1.81 bits per heavy atom. The largest absolute Gasteiger partial charge is 0.339 e. The first-order chi connectivity index (χ1) is 12.8. The van der Waals surface area contributed by atoms with Gasteiger partial charge < -0.3 is 14.7 Å². The molecule has 0 aliphatic carbocycles. The molecule has 2 aliphatic rings. The zero-order valence-corrected chi connectivity index (χ0v) is 17.7. The van der Waals surface area contributed by atoms with Crippen molar-refractivity contribution in [3.63, 3.8) is 0 Å². The smallest absolute Gasteiger partial charge is 0.246 e. The fourth-order valence-electron chi connectivity index (χ4n) is 3.41. The summed E-state index contributed by atoms with van der Waals surface area (Å²) in [5.41, 5.74) is 1.49. The van der Waals surface area contributed by atoms with E-state index in [4.69, 9.17) is 0 Å². The van der Waals surface area contributed by atoms with Crippen molar-refractivity contribution in [2.24, 2.45) is 0 Å². The number of rotatable bonds is 6. The summed E-state index contributed by atoms with van der Waals surface area (Å²) in [5.74, 6) is -0.0504. The molecule has 0 N–H and O–H groups in total. The van der Waals surface area contributed by atoms with Crippen LogP contribution in [0.2, 0.25) is 0 Å². The van der Waals surface area contributed by atoms with E-state index in [2.05, 4.69) is 32.0 Å². The molecule has 5 heteroatoms. The maximum atomic E-state index is 11.9. The van der Waals surface area contributed by atoms with E-state index < -0.39 is 0 Å². The molecular weight excluding hydrogens is 338 g/mol. The Bertz CT molecular complexity index is 562. The van der Waals surface area contributed by atoms with Crippen LogP contribution in [0.1, 0.15) is 52.9 Å². The molecule has 0 aromatic rings. The van der Waals surface area contributed by atoms with Crippen LogP contribution >= 0.6 is 0 Å². The van der Waals surface area contributed by atoms with Gasteiger partial charge in [0.25, 0.3) is 0 Å². The van der Waals surface area contributed by atoms with Crippen LogP contribution in [-0.4, -0.2) is 65.7 Å². The van der Waals surface area contributed by atoms with Gasteiger partial charge in [0.05, 0.1) is 11.7 Å². The molecule has 152 valence electrons. The van der Waals surface area contributed by atoms with E-state index in [1.54, 1.807) is 11.8 Å². The van der Waals surface area contributed by atoms with E-state index in [-0.39, 0.29) is 17.7 Å². The van der Waals surface area contributed by atoms with E-state index in [0.717, 1.165) is 25.0 Å². The molecule has 2 saturated heterocycles. The van der Waals surface area contributed by atoms with Gasteiger partial charge in [-0.15, -0.1) is 0 Å². The number of likely N-dealkylation sites (tertiary alicyclic amines) is 1. The van der Waals surface area contributed by atoms with Crippen LogP contribution in [0.4, 0.5) is 0 Å². The standard InChI is InChI=1S/C17H26N2O2.C5H11N/c1-6-8-9-10-16(15(5)20)18-11-12-19(17(21)7-2)14(4)13(18)3;1-6-4-2-3-5-6/h7,10,14H,2-3,6,8-9,11-12H2,1,4-5H3;2-5H2,1H3/b16-10-;. The second-order valence-electron chi connectivity index (χ2n) is 7.35. The number of ketones is 1. The van der Waals surface area contributed by atoms with Gasteiger partial charge in [-0.05, 0) is 58.8 Å². The second-order valence-corrected chi connectivity index (χ2v) is 7.35. The van der Waals surface area contributed by atoms with Crippen LogP contribution in [0.15, 0.2) is 36.7 Å². The van der Waals surface area contributed by atoms with Crippen molar-refractivity contribution in [1.29, 1.82) is 0 Å². The molecule has 0 aromatic carbocycles. The normalized spacial score (nSPS) is 21.0. The Kier molecular flexibility index (Phi) is 10.1. The third kappa shape index (κ3) is 6.98. The number of hydrogen-bond donors (Lipinski definition) is 0. The summed E-state index contributed by atoms with van der Waals surface area (Å²) in [6, 6.07) is -0.127. The van der Waals surface area contributed by atoms with E-state index in [9.17, 15) is 9.59 Å². The maximum absolute atomic E-state index is 11.9. The Balaban J connectivity index is 0.000000511. The van der Waals surface area contributed by atoms with Crippen molar-refractivity contribution >= 4 is 11.7 Å². The first-order valence-electron chi connectivity index (χ1n) is 10.1. The molecule has 1 atom stereocenters. The maximum Gasteiger partial charge on any atom is 0.246 e. The predicted octanol–water partition coefficient (Wildman–Crippen LogP) is 3.59. The Labute approximate surface area is 165 Å². The summed E-state index contributed by atoms with van der Waals surface area (Å²) in [5, 5.41) is 0. The van der Waals surface area contributed by atoms with Crippen LogP contribution in [0.3, 0.4) is 0 Å². The van der Waals surface area contributed by atoms with Gasteiger partial charge in [-0.1, -0.05) is 32.6 Å². The topological polar surface area (TPSA) is 43.9 Å². The Morgan fingerprint density at radius 3 is 2.26 bits per heavy atom. The molecule has 0 radical (unpaired) electrons. The molecule has 5 nitrogen and oxygen atoms in total. The molecule has 2 fully saturated rings. The highest BCUT2D eigenvalue weighted by molar-refractivity contribution is 5.93. The average Bonchev–Trinajstić information content (AvgIpc) is 3.12. The first kappa shape index (κ1) is 23.2. The number of allylic oxidation sites excluding steroid dienone is 2. The van der Waals surface area contributed by atoms with Crippen LogP contribution < -0.4 is 0 Å². The van der Waals surface area contributed by atoms with E-state index in [1.807, 2.05) is 17.9 Å². The van der Waals surface area contributed by atoms with E-state index in [1.165, 1.54) is 32.0 Å². The first-order valence-corrected chi connectivity index (χ1v) is 10.1. The molecule has 2 rings (SSSR count). The Hall–Kier alpha value is -1.88. The van der Waals surface area contributed by atoms with Gasteiger partial charge in [0, 0.05) is 25.7 Å². The highest BCUT2D eigenvalue weighted by Crippen LogP contribution is 2.24. The molecule has 0 aromatic heterocycles. The highest BCUT2D eigenvalue weighted by atomic mass is 16.2. The van der Waals surface area contributed by atoms with E-state index in [0.29, 0.717) is 18.8 Å². The number of hydrogen-bond acceptors (Lipinski definition) is 4. The highest BCUT2D eigenvalue weighted by Gasteiger charge is 2.31. The SMILES string of the molecule is C=CC(=O)N1CCN(/C(=C\CCCC)C(C)=O)C(=C)C1C.CN1CCCC1. The number of amides is 1. The van der Waals surface area contributed by atoms with Crippen LogP contribution in [0.5, 0.6) is 0 Å². The molecule has 2 heterocycles. The molecule has 2 aliphatic heterocycles. The van der Waals surface area contributed by atoms with Gasteiger partial charge in [0.2, 0.25) is 5.91 Å². The minimum absolute atomic E-state index is 0.0444. The number of piperazine rings is 1. The monoisotopic (exact) mass is 375 g/mol. The van der Waals surface area contributed by atoms with Gasteiger partial charge in [-0.25, -0.2) is 0 Å². The van der Waals surface area contributed by atoms with Crippen molar-refractivity contribution in [3.05, 3.63) is 36.7 Å². The predicted molar refractivity (Wildman–Crippen MR) is 112 cm³/mol. The van der Waals surface area contributed by atoms with Gasteiger partial charge in [-0.2, -0.15) is 0 Å². The summed E-state index contributed by atoms with van der Waals surface area (Å²) in [6.07, 6.45) is 9.19. The number of carbonyl (C=O) groups is 2. The van der Waals surface area contributed by atoms with Gasteiger partial charge in [0.1, 0.15) is 0 Å². The minimum Gasteiger partial charge on any atom is -0.339 e. The van der Waals surface area contributed by atoms with Crippen molar-refractivity contribution in [2.45, 2.75) is 58.9 Å².